The molecule has 1 fully saturated rings. The fourth-order valence-corrected chi connectivity index (χ4v) is 5.66. The van der Waals surface area contributed by atoms with Gasteiger partial charge < -0.3 is 9.47 Å². The average molecular weight is 532 g/mol. The van der Waals surface area contributed by atoms with Crippen LogP contribution in [-0.2, 0) is 24.8 Å². The van der Waals surface area contributed by atoms with Gasteiger partial charge in [0.2, 0.25) is 0 Å². The second kappa shape index (κ2) is 10.9. The molecule has 0 saturated carbocycles. The maximum Gasteiger partial charge on any atom is 0.278 e. The Balaban J connectivity index is 1.06. The van der Waals surface area contributed by atoms with Crippen LogP contribution < -0.4 is 4.74 Å². The molecule has 2 aliphatic rings. The van der Waals surface area contributed by atoms with E-state index in [2.05, 4.69) is 20.0 Å². The van der Waals surface area contributed by atoms with Gasteiger partial charge in [-0.2, -0.15) is 5.10 Å². The lowest BCUT2D eigenvalue weighted by Gasteiger charge is -2.30. The number of thiazole rings is 1. The molecule has 4 heterocycles. The Kier molecular flexibility index (Phi) is 7.64. The van der Waals surface area contributed by atoms with E-state index in [9.17, 15) is 13.6 Å². The molecule has 11 heteroatoms. The van der Waals surface area contributed by atoms with Crippen molar-refractivity contribution in [3.05, 3.63) is 40.5 Å². The fourth-order valence-electron chi connectivity index (χ4n) is 4.76. The summed E-state index contributed by atoms with van der Waals surface area (Å²) >= 11 is 1.37. The van der Waals surface area contributed by atoms with Gasteiger partial charge >= 0.3 is 0 Å². The molecule has 5 rings (SSSR count). The van der Waals surface area contributed by atoms with Crippen molar-refractivity contribution in [1.82, 2.24) is 19.7 Å². The number of fused-ring (bicyclic) bond motifs is 2. The van der Waals surface area contributed by atoms with Crippen LogP contribution in [0, 0.1) is 5.92 Å². The molecule has 198 valence electrons. The van der Waals surface area contributed by atoms with Gasteiger partial charge in [-0.05, 0) is 37.8 Å². The highest BCUT2D eigenvalue weighted by molar-refractivity contribution is 7.13. The minimum Gasteiger partial charge on any atom is -0.464 e. The SMILES string of the molecule is Cn1cc2c(C(=O)N=CC3CCC(CCN4CCc5sc(OCC(C)(F)F)nc5C4)OC3)cccc2n1. The lowest BCUT2D eigenvalue weighted by molar-refractivity contribution is -0.0230. The third-order valence-corrected chi connectivity index (χ3v) is 7.78. The molecule has 8 nitrogen and oxygen atoms in total. The van der Waals surface area contributed by atoms with Gasteiger partial charge in [-0.15, -0.1) is 0 Å². The second-order valence-corrected chi connectivity index (χ2v) is 11.0. The molecule has 37 heavy (non-hydrogen) atoms. The third-order valence-electron chi connectivity index (χ3n) is 6.71. The monoisotopic (exact) mass is 531 g/mol. The van der Waals surface area contributed by atoms with Crippen molar-refractivity contribution in [2.24, 2.45) is 18.0 Å². The second-order valence-electron chi connectivity index (χ2n) is 9.94. The zero-order valence-corrected chi connectivity index (χ0v) is 21.8. The smallest absolute Gasteiger partial charge is 0.278 e. The van der Waals surface area contributed by atoms with Crippen LogP contribution in [-0.4, -0.2) is 70.1 Å². The quantitative estimate of drug-likeness (QED) is 0.398. The Bertz CT molecular complexity index is 1280. The number of amides is 1. The predicted molar refractivity (Wildman–Crippen MR) is 138 cm³/mol. The van der Waals surface area contributed by atoms with Gasteiger partial charge in [0.05, 0.1) is 29.5 Å². The maximum absolute atomic E-state index is 13.1. The van der Waals surface area contributed by atoms with Crippen molar-refractivity contribution < 1.29 is 23.0 Å². The van der Waals surface area contributed by atoms with Crippen molar-refractivity contribution >= 4 is 34.4 Å². The van der Waals surface area contributed by atoms with Gasteiger partial charge in [-0.3, -0.25) is 14.4 Å². The lowest BCUT2D eigenvalue weighted by Crippen LogP contribution is -2.35. The summed E-state index contributed by atoms with van der Waals surface area (Å²) in [5.74, 6) is -3.01. The molecular formula is C26H31F2N5O3S. The zero-order chi connectivity index (χ0) is 26.0. The summed E-state index contributed by atoms with van der Waals surface area (Å²) < 4.78 is 39.1. The highest BCUT2D eigenvalue weighted by Gasteiger charge is 2.27. The van der Waals surface area contributed by atoms with Gasteiger partial charge in [0.25, 0.3) is 17.0 Å². The molecule has 0 aliphatic carbocycles. The molecule has 3 aromatic rings. The van der Waals surface area contributed by atoms with E-state index in [-0.39, 0.29) is 17.9 Å². The van der Waals surface area contributed by atoms with Crippen LogP contribution in [0.3, 0.4) is 0 Å². The van der Waals surface area contributed by atoms with E-state index in [1.54, 1.807) is 17.0 Å². The number of aryl methyl sites for hydroxylation is 1. The summed E-state index contributed by atoms with van der Waals surface area (Å²) in [5.41, 5.74) is 2.27. The topological polar surface area (TPSA) is 81.8 Å². The predicted octanol–water partition coefficient (Wildman–Crippen LogP) is 4.52. The first-order valence-electron chi connectivity index (χ1n) is 12.6. The molecule has 2 aromatic heterocycles. The highest BCUT2D eigenvalue weighted by Crippen LogP contribution is 2.31. The van der Waals surface area contributed by atoms with Gasteiger partial charge in [-0.1, -0.05) is 17.4 Å². The highest BCUT2D eigenvalue weighted by atomic mass is 32.1. The molecule has 1 saturated heterocycles. The van der Waals surface area contributed by atoms with Crippen molar-refractivity contribution in [2.75, 3.05) is 26.3 Å². The number of nitrogens with zero attached hydrogens (tertiary/aromatic N) is 5. The van der Waals surface area contributed by atoms with Crippen LogP contribution in [0.2, 0.25) is 0 Å². The average Bonchev–Trinajstić information content (AvgIpc) is 3.46. The summed E-state index contributed by atoms with van der Waals surface area (Å²) in [6, 6.07) is 5.49. The summed E-state index contributed by atoms with van der Waals surface area (Å²) in [6.45, 7) is 3.24. The fraction of sp³-hybridized carbons (Fsp3) is 0.538. The Labute approximate surface area is 218 Å². The molecule has 0 N–H and O–H groups in total. The van der Waals surface area contributed by atoms with E-state index in [1.165, 1.54) is 11.3 Å². The number of benzene rings is 1. The van der Waals surface area contributed by atoms with Crippen molar-refractivity contribution in [2.45, 2.75) is 51.2 Å². The van der Waals surface area contributed by atoms with Crippen molar-refractivity contribution in [1.29, 1.82) is 0 Å². The number of hydrogen-bond donors (Lipinski definition) is 0. The van der Waals surface area contributed by atoms with E-state index >= 15 is 0 Å². The first-order chi connectivity index (χ1) is 17.7. The largest absolute Gasteiger partial charge is 0.464 e. The number of ether oxygens (including phenoxy) is 2. The first kappa shape index (κ1) is 25.9. The normalized spacial score (nSPS) is 21.0. The first-order valence-corrected chi connectivity index (χ1v) is 13.4. The van der Waals surface area contributed by atoms with Crippen LogP contribution in [0.4, 0.5) is 8.78 Å². The minimum atomic E-state index is -2.87. The summed E-state index contributed by atoms with van der Waals surface area (Å²) in [7, 11) is 1.83. The molecule has 1 aromatic carbocycles. The van der Waals surface area contributed by atoms with Crippen LogP contribution in [0.25, 0.3) is 10.9 Å². The Morgan fingerprint density at radius 2 is 2.24 bits per heavy atom. The molecule has 2 unspecified atom stereocenters. The van der Waals surface area contributed by atoms with Gasteiger partial charge in [0, 0.05) is 62.2 Å². The minimum absolute atomic E-state index is 0.120. The number of halogens is 2. The summed E-state index contributed by atoms with van der Waals surface area (Å²) in [6.07, 6.45) is 7.35. The Morgan fingerprint density at radius 3 is 3.03 bits per heavy atom. The molecule has 2 aliphatic heterocycles. The van der Waals surface area contributed by atoms with Gasteiger partial charge in [0.1, 0.15) is 0 Å². The van der Waals surface area contributed by atoms with E-state index in [1.807, 2.05) is 25.4 Å². The lowest BCUT2D eigenvalue weighted by atomic mass is 9.97. The van der Waals surface area contributed by atoms with Crippen molar-refractivity contribution in [3.63, 3.8) is 0 Å². The number of hydrogen-bond acceptors (Lipinski definition) is 7. The number of carbonyl (C=O) groups excluding carboxylic acids is 1. The molecule has 2 atom stereocenters. The van der Waals surface area contributed by atoms with E-state index in [4.69, 9.17) is 9.47 Å². The molecule has 1 amide bonds. The van der Waals surface area contributed by atoms with E-state index in [0.29, 0.717) is 23.9 Å². The third kappa shape index (κ3) is 6.58. The number of carbonyl (C=O) groups is 1. The standard InChI is InChI=1S/C26H31F2N5O3S/c1-26(27,28)16-36-25-30-22-14-33(11-9-23(22)37-25)10-8-18-7-6-17(15-35-18)12-29-24(34)19-4-3-5-21-20(19)13-32(2)31-21/h3-5,12-13,17-18H,6-11,14-16H2,1-2H3. The Hall–Kier alpha value is -2.76. The number of aliphatic imine (C=N–C) groups is 1. The zero-order valence-electron chi connectivity index (χ0n) is 21.0. The van der Waals surface area contributed by atoms with Gasteiger partial charge in [0.15, 0.2) is 6.61 Å². The number of alkyl halides is 2. The van der Waals surface area contributed by atoms with E-state index < -0.39 is 12.5 Å². The number of aromatic nitrogens is 3. The summed E-state index contributed by atoms with van der Waals surface area (Å²) in [5, 5.41) is 5.48. The van der Waals surface area contributed by atoms with E-state index in [0.717, 1.165) is 67.2 Å². The molecule has 0 radical (unpaired) electrons. The van der Waals surface area contributed by atoms with Crippen molar-refractivity contribution in [3.8, 4) is 5.19 Å². The van der Waals surface area contributed by atoms with Crippen LogP contribution in [0.1, 0.15) is 47.1 Å². The summed E-state index contributed by atoms with van der Waals surface area (Å²) in [4.78, 5) is 24.8. The molecule has 0 spiro atoms. The molecular weight excluding hydrogens is 500 g/mol. The maximum atomic E-state index is 13.1. The van der Waals surface area contributed by atoms with Crippen LogP contribution in [0.5, 0.6) is 5.19 Å². The number of rotatable bonds is 8. The Morgan fingerprint density at radius 1 is 1.38 bits per heavy atom. The van der Waals surface area contributed by atoms with Crippen LogP contribution in [0.15, 0.2) is 29.4 Å². The van der Waals surface area contributed by atoms with Crippen LogP contribution >= 0.6 is 11.3 Å². The molecule has 0 bridgehead atoms. The van der Waals surface area contributed by atoms with Gasteiger partial charge in [-0.25, -0.2) is 18.8 Å².